The maximum atomic E-state index is 12.7. The number of likely N-dealkylation sites (tertiary alicyclic amines) is 1. The summed E-state index contributed by atoms with van der Waals surface area (Å²) in [6.07, 6.45) is 3.33. The molecule has 134 valence electrons. The maximum absolute atomic E-state index is 12.7. The molecule has 4 heteroatoms. The first kappa shape index (κ1) is 19.3. The molecule has 1 N–H and O–H groups in total. The van der Waals surface area contributed by atoms with E-state index in [4.69, 9.17) is 0 Å². The van der Waals surface area contributed by atoms with Gasteiger partial charge in [-0.15, -0.1) is 12.4 Å². The van der Waals surface area contributed by atoms with Crippen molar-refractivity contribution in [2.75, 3.05) is 26.7 Å². The van der Waals surface area contributed by atoms with Crippen molar-refractivity contribution in [1.29, 1.82) is 0 Å². The van der Waals surface area contributed by atoms with Crippen molar-refractivity contribution in [3.8, 4) is 0 Å². The number of nitrogens with one attached hydrogen (secondary N) is 1. The van der Waals surface area contributed by atoms with Crippen LogP contribution in [-0.2, 0) is 4.79 Å². The minimum Gasteiger partial charge on any atom is -0.342 e. The van der Waals surface area contributed by atoms with Gasteiger partial charge in [-0.2, -0.15) is 0 Å². The van der Waals surface area contributed by atoms with Crippen molar-refractivity contribution in [3.63, 3.8) is 0 Å². The second kappa shape index (κ2) is 8.35. The summed E-state index contributed by atoms with van der Waals surface area (Å²) in [4.78, 5) is 14.8. The molecule has 0 spiro atoms. The molecule has 3 rings (SSSR count). The van der Waals surface area contributed by atoms with Gasteiger partial charge in [-0.3, -0.25) is 4.79 Å². The summed E-state index contributed by atoms with van der Waals surface area (Å²) in [5, 5.41) is 3.25. The second-order valence-electron chi connectivity index (χ2n) is 7.60. The fourth-order valence-corrected chi connectivity index (χ4v) is 3.85. The molecule has 2 aliphatic rings. The largest absolute Gasteiger partial charge is 0.342 e. The summed E-state index contributed by atoms with van der Waals surface area (Å²) in [6.45, 7) is 7.41. The zero-order chi connectivity index (χ0) is 16.4. The molecule has 1 saturated carbocycles. The highest BCUT2D eigenvalue weighted by atomic mass is 35.5. The van der Waals surface area contributed by atoms with E-state index in [-0.39, 0.29) is 18.3 Å². The van der Waals surface area contributed by atoms with Crippen LogP contribution in [0.4, 0.5) is 0 Å². The van der Waals surface area contributed by atoms with E-state index in [0.29, 0.717) is 17.7 Å². The number of piperidine rings is 1. The Morgan fingerprint density at radius 3 is 2.38 bits per heavy atom. The van der Waals surface area contributed by atoms with Gasteiger partial charge in [-0.1, -0.05) is 38.1 Å². The van der Waals surface area contributed by atoms with Crippen LogP contribution in [0.25, 0.3) is 0 Å². The molecular formula is C20H31ClN2O. The highest BCUT2D eigenvalue weighted by Crippen LogP contribution is 2.48. The quantitative estimate of drug-likeness (QED) is 0.876. The normalized spacial score (nSPS) is 23.9. The molecule has 2 fully saturated rings. The van der Waals surface area contributed by atoms with Crippen LogP contribution in [0, 0.1) is 11.8 Å². The predicted octanol–water partition coefficient (Wildman–Crippen LogP) is 3.79. The van der Waals surface area contributed by atoms with Gasteiger partial charge in [0.1, 0.15) is 0 Å². The number of carbonyl (C=O) groups is 1. The van der Waals surface area contributed by atoms with Crippen molar-refractivity contribution < 1.29 is 4.79 Å². The van der Waals surface area contributed by atoms with Crippen molar-refractivity contribution in [2.24, 2.45) is 11.8 Å². The van der Waals surface area contributed by atoms with Crippen LogP contribution in [0.15, 0.2) is 24.3 Å². The number of hydrogen-bond acceptors (Lipinski definition) is 2. The Hall–Kier alpha value is -1.06. The fraction of sp³-hybridized carbons (Fsp3) is 0.650. The first-order valence-electron chi connectivity index (χ1n) is 9.13. The van der Waals surface area contributed by atoms with E-state index in [1.807, 2.05) is 7.05 Å². The van der Waals surface area contributed by atoms with Crippen LogP contribution in [0.3, 0.4) is 0 Å². The molecule has 0 bridgehead atoms. The van der Waals surface area contributed by atoms with Gasteiger partial charge in [-0.05, 0) is 61.7 Å². The van der Waals surface area contributed by atoms with Gasteiger partial charge in [0.25, 0.3) is 0 Å². The standard InChI is InChI=1S/C20H30N2O.ClH/c1-14(2)16-4-6-17(7-5-16)18-12-19(18)20(23)22-10-8-15(9-11-22)13-21-3;/h4-7,14-15,18-19,21H,8-13H2,1-3H3;1H. The summed E-state index contributed by atoms with van der Waals surface area (Å²) >= 11 is 0. The Kier molecular flexibility index (Phi) is 6.70. The fourth-order valence-electron chi connectivity index (χ4n) is 3.85. The van der Waals surface area contributed by atoms with Gasteiger partial charge in [-0.25, -0.2) is 0 Å². The minimum atomic E-state index is 0. The number of rotatable bonds is 5. The third-order valence-electron chi connectivity index (χ3n) is 5.56. The van der Waals surface area contributed by atoms with Crippen LogP contribution < -0.4 is 5.32 Å². The zero-order valence-electron chi connectivity index (χ0n) is 15.1. The van der Waals surface area contributed by atoms with E-state index in [0.717, 1.165) is 44.8 Å². The van der Waals surface area contributed by atoms with Crippen LogP contribution >= 0.6 is 12.4 Å². The molecule has 1 aromatic carbocycles. The molecular weight excluding hydrogens is 320 g/mol. The Morgan fingerprint density at radius 2 is 1.83 bits per heavy atom. The minimum absolute atomic E-state index is 0. The Labute approximate surface area is 152 Å². The molecule has 1 heterocycles. The number of benzene rings is 1. The molecule has 0 aromatic heterocycles. The maximum Gasteiger partial charge on any atom is 0.226 e. The van der Waals surface area contributed by atoms with Gasteiger partial charge in [0.2, 0.25) is 5.91 Å². The third kappa shape index (κ3) is 4.31. The molecule has 2 unspecified atom stereocenters. The summed E-state index contributed by atoms with van der Waals surface area (Å²) in [7, 11) is 2.01. The van der Waals surface area contributed by atoms with Crippen molar-refractivity contribution in [3.05, 3.63) is 35.4 Å². The first-order valence-corrected chi connectivity index (χ1v) is 9.13. The van der Waals surface area contributed by atoms with Crippen LogP contribution in [0.1, 0.15) is 56.1 Å². The van der Waals surface area contributed by atoms with E-state index in [9.17, 15) is 4.79 Å². The van der Waals surface area contributed by atoms with E-state index in [1.54, 1.807) is 0 Å². The molecule has 1 aliphatic heterocycles. The monoisotopic (exact) mass is 350 g/mol. The van der Waals surface area contributed by atoms with E-state index in [1.165, 1.54) is 11.1 Å². The molecule has 1 saturated heterocycles. The molecule has 1 aliphatic carbocycles. The van der Waals surface area contributed by atoms with Crippen LogP contribution in [0.2, 0.25) is 0 Å². The number of hydrogen-bond donors (Lipinski definition) is 1. The number of carbonyl (C=O) groups excluding carboxylic acids is 1. The van der Waals surface area contributed by atoms with Gasteiger partial charge < -0.3 is 10.2 Å². The predicted molar refractivity (Wildman–Crippen MR) is 102 cm³/mol. The van der Waals surface area contributed by atoms with E-state index in [2.05, 4.69) is 48.3 Å². The number of nitrogens with zero attached hydrogens (tertiary/aromatic N) is 1. The van der Waals surface area contributed by atoms with Crippen molar-refractivity contribution in [1.82, 2.24) is 10.2 Å². The Bertz CT molecular complexity index is 535. The first-order chi connectivity index (χ1) is 11.1. The van der Waals surface area contributed by atoms with Gasteiger partial charge >= 0.3 is 0 Å². The lowest BCUT2D eigenvalue weighted by Crippen LogP contribution is -2.41. The average Bonchev–Trinajstić information content (AvgIpc) is 3.36. The second-order valence-corrected chi connectivity index (χ2v) is 7.60. The molecule has 1 amide bonds. The van der Waals surface area contributed by atoms with Crippen LogP contribution in [0.5, 0.6) is 0 Å². The van der Waals surface area contributed by atoms with Crippen molar-refractivity contribution in [2.45, 2.75) is 44.9 Å². The molecule has 3 nitrogen and oxygen atoms in total. The lowest BCUT2D eigenvalue weighted by molar-refractivity contribution is -0.134. The average molecular weight is 351 g/mol. The van der Waals surface area contributed by atoms with E-state index < -0.39 is 0 Å². The highest BCUT2D eigenvalue weighted by molar-refractivity contribution is 5.85. The molecule has 24 heavy (non-hydrogen) atoms. The lowest BCUT2D eigenvalue weighted by Gasteiger charge is -2.32. The summed E-state index contributed by atoms with van der Waals surface area (Å²) < 4.78 is 0. The lowest BCUT2D eigenvalue weighted by atomic mass is 9.96. The molecule has 2 atom stereocenters. The Morgan fingerprint density at radius 1 is 1.21 bits per heavy atom. The third-order valence-corrected chi connectivity index (χ3v) is 5.56. The molecule has 0 radical (unpaired) electrons. The SMILES string of the molecule is CNCC1CCN(C(=O)C2CC2c2ccc(C(C)C)cc2)CC1.Cl. The number of amides is 1. The number of halogens is 1. The summed E-state index contributed by atoms with van der Waals surface area (Å²) in [6, 6.07) is 8.91. The topological polar surface area (TPSA) is 32.3 Å². The summed E-state index contributed by atoms with van der Waals surface area (Å²) in [5.41, 5.74) is 2.72. The Balaban J connectivity index is 0.00000208. The highest BCUT2D eigenvalue weighted by Gasteiger charge is 2.46. The molecule has 1 aromatic rings. The van der Waals surface area contributed by atoms with Gasteiger partial charge in [0, 0.05) is 19.0 Å². The summed E-state index contributed by atoms with van der Waals surface area (Å²) in [5.74, 6) is 2.40. The smallest absolute Gasteiger partial charge is 0.226 e. The van der Waals surface area contributed by atoms with E-state index >= 15 is 0 Å². The van der Waals surface area contributed by atoms with Crippen LogP contribution in [-0.4, -0.2) is 37.5 Å². The van der Waals surface area contributed by atoms with Gasteiger partial charge in [0.15, 0.2) is 0 Å². The van der Waals surface area contributed by atoms with Crippen molar-refractivity contribution >= 4 is 18.3 Å². The van der Waals surface area contributed by atoms with Gasteiger partial charge in [0.05, 0.1) is 0 Å². The zero-order valence-corrected chi connectivity index (χ0v) is 15.9.